The van der Waals surface area contributed by atoms with E-state index in [-0.39, 0.29) is 11.5 Å². The van der Waals surface area contributed by atoms with Crippen molar-refractivity contribution in [1.29, 1.82) is 0 Å². The van der Waals surface area contributed by atoms with Crippen LogP contribution in [0.25, 0.3) is 0 Å². The third-order valence-corrected chi connectivity index (χ3v) is 8.49. The highest BCUT2D eigenvalue weighted by Gasteiger charge is 2.12. The summed E-state index contributed by atoms with van der Waals surface area (Å²) in [6.45, 7) is 25.7. The van der Waals surface area contributed by atoms with Crippen LogP contribution in [0.2, 0.25) is 0 Å². The summed E-state index contributed by atoms with van der Waals surface area (Å²) in [5.41, 5.74) is 2.32. The second-order valence-corrected chi connectivity index (χ2v) is 13.6. The maximum atomic E-state index is 12.8. The van der Waals surface area contributed by atoms with Crippen LogP contribution in [0.4, 0.5) is 10.1 Å². The van der Waals surface area contributed by atoms with Gasteiger partial charge in [0.2, 0.25) is 5.91 Å². The van der Waals surface area contributed by atoms with Gasteiger partial charge in [0.1, 0.15) is 12.1 Å². The normalized spacial score (nSPS) is 12.7. The second-order valence-electron chi connectivity index (χ2n) is 13.6. The number of unbranched alkanes of at least 4 members (excludes halogenated alkanes) is 4. The number of para-hydroxylation sites is 1. The second kappa shape index (κ2) is 37.7. The number of piperidine rings is 1. The lowest BCUT2D eigenvalue weighted by atomic mass is 10.00. The molecule has 1 aliphatic rings. The molecule has 0 aromatic heterocycles. The molecule has 1 unspecified atom stereocenters. The largest absolute Gasteiger partial charge is 0.343 e. The van der Waals surface area contributed by atoms with Gasteiger partial charge >= 0.3 is 0 Å². The van der Waals surface area contributed by atoms with Crippen molar-refractivity contribution in [3.8, 4) is 0 Å². The molecular weight excluding hydrogens is 650 g/mol. The van der Waals surface area contributed by atoms with Crippen LogP contribution in [-0.2, 0) is 16.0 Å². The number of aryl methyl sites for hydroxylation is 1. The molecule has 7 heteroatoms. The first-order valence-corrected chi connectivity index (χ1v) is 20.5. The molecule has 6 nitrogen and oxygen atoms in total. The molecule has 300 valence electrons. The number of aldehydes is 1. The standard InChI is InChI=1S/C11H12FNO2.C10H13NO.C8H18.C7H15N.C7H16.C2H6/c1-2-10(7-14)13-11(15)8-4-3-5-9(12)6-8;1-3-9-6-4-5-7-10(9)11-8(2)12;1-4-6-8(3)7-5-2;1-7-3-5-8(2)6-4-7;1-3-5-7-6-4-2;1-2/h3-7,10H,2H2,1H3,(H,13,15);4-7H,3H2,1-2H3,(H,11,12);8H,4-7H2,1-3H3;7H,3-6H2,1-2H3;3-7H2,1-2H3;1-2H3. The van der Waals surface area contributed by atoms with E-state index in [1.54, 1.807) is 6.92 Å². The number of hydrogen-bond donors (Lipinski definition) is 2. The number of carbonyl (C=O) groups is 3. The Balaban J connectivity index is -0.000000588. The number of nitrogens with one attached hydrogen (secondary N) is 2. The number of hydrogen-bond acceptors (Lipinski definition) is 4. The first-order chi connectivity index (χ1) is 24.9. The van der Waals surface area contributed by atoms with E-state index in [0.717, 1.165) is 30.0 Å². The zero-order valence-corrected chi connectivity index (χ0v) is 35.6. The highest BCUT2D eigenvalue weighted by atomic mass is 19.1. The highest BCUT2D eigenvalue weighted by molar-refractivity contribution is 5.95. The quantitative estimate of drug-likeness (QED) is 0.150. The number of anilines is 1. The van der Waals surface area contributed by atoms with Gasteiger partial charge in [0.25, 0.3) is 5.91 Å². The number of benzene rings is 2. The Hall–Kier alpha value is -3.06. The van der Waals surface area contributed by atoms with Crippen molar-refractivity contribution in [3.63, 3.8) is 0 Å². The summed E-state index contributed by atoms with van der Waals surface area (Å²) in [4.78, 5) is 35.1. The topological polar surface area (TPSA) is 78.5 Å². The molecule has 52 heavy (non-hydrogen) atoms. The number of rotatable bonds is 14. The molecule has 2 N–H and O–H groups in total. The molecule has 1 aliphatic heterocycles. The van der Waals surface area contributed by atoms with Gasteiger partial charge in [0.15, 0.2) is 0 Å². The summed E-state index contributed by atoms with van der Waals surface area (Å²) in [5, 5.41) is 5.27. The van der Waals surface area contributed by atoms with Gasteiger partial charge in [-0.3, -0.25) is 9.59 Å². The van der Waals surface area contributed by atoms with Gasteiger partial charge < -0.3 is 20.3 Å². The molecule has 3 rings (SSSR count). The Labute approximate surface area is 320 Å². The number of carbonyl (C=O) groups excluding carboxylic acids is 3. The molecule has 0 radical (unpaired) electrons. The van der Waals surface area contributed by atoms with Crippen molar-refractivity contribution in [1.82, 2.24) is 10.2 Å². The summed E-state index contributed by atoms with van der Waals surface area (Å²) in [6, 6.07) is 12.7. The summed E-state index contributed by atoms with van der Waals surface area (Å²) >= 11 is 0. The molecular formula is C45H80FN3O3. The molecule has 2 amide bonds. The molecule has 0 spiro atoms. The molecule has 2 aromatic rings. The van der Waals surface area contributed by atoms with Gasteiger partial charge in [-0.05, 0) is 87.5 Å². The summed E-state index contributed by atoms with van der Waals surface area (Å²) in [6.07, 6.45) is 17.4. The Morgan fingerprint density at radius 2 is 1.42 bits per heavy atom. The lowest BCUT2D eigenvalue weighted by molar-refractivity contribution is -0.114. The molecule has 0 bridgehead atoms. The van der Waals surface area contributed by atoms with Crippen LogP contribution in [0.1, 0.15) is 169 Å². The van der Waals surface area contributed by atoms with Gasteiger partial charge in [-0.15, -0.1) is 0 Å². The van der Waals surface area contributed by atoms with E-state index in [1.165, 1.54) is 114 Å². The Kier molecular flexibility index (Phi) is 38.6. The van der Waals surface area contributed by atoms with Crippen molar-refractivity contribution in [2.45, 2.75) is 166 Å². The summed E-state index contributed by atoms with van der Waals surface area (Å²) in [5.74, 6) is 1.02. The van der Waals surface area contributed by atoms with Crippen molar-refractivity contribution in [2.24, 2.45) is 11.8 Å². The van der Waals surface area contributed by atoms with Crippen molar-refractivity contribution < 1.29 is 18.8 Å². The molecule has 1 fully saturated rings. The smallest absolute Gasteiger partial charge is 0.251 e. The lowest BCUT2D eigenvalue weighted by Gasteiger charge is -2.26. The molecule has 1 atom stereocenters. The van der Waals surface area contributed by atoms with E-state index >= 15 is 0 Å². The van der Waals surface area contributed by atoms with Crippen LogP contribution in [0.15, 0.2) is 48.5 Å². The minimum absolute atomic E-state index is 0.0177. The minimum atomic E-state index is -0.513. The van der Waals surface area contributed by atoms with Crippen molar-refractivity contribution in [2.75, 3.05) is 25.5 Å². The van der Waals surface area contributed by atoms with Gasteiger partial charge in [-0.2, -0.15) is 0 Å². The fourth-order valence-electron chi connectivity index (χ4n) is 5.20. The fourth-order valence-corrected chi connectivity index (χ4v) is 5.20. The number of likely N-dealkylation sites (tertiary alicyclic amines) is 1. The van der Waals surface area contributed by atoms with Crippen LogP contribution < -0.4 is 10.6 Å². The maximum Gasteiger partial charge on any atom is 0.251 e. The number of nitrogens with zero attached hydrogens (tertiary/aromatic N) is 1. The van der Waals surface area contributed by atoms with Gasteiger partial charge in [-0.25, -0.2) is 4.39 Å². The zero-order valence-electron chi connectivity index (χ0n) is 35.6. The first kappa shape index (κ1) is 53.3. The van der Waals surface area contributed by atoms with E-state index in [0.29, 0.717) is 12.7 Å². The third-order valence-electron chi connectivity index (χ3n) is 8.49. The van der Waals surface area contributed by atoms with Crippen LogP contribution in [-0.4, -0.2) is 49.2 Å². The van der Waals surface area contributed by atoms with E-state index < -0.39 is 17.8 Å². The third kappa shape index (κ3) is 31.7. The number of amides is 2. The van der Waals surface area contributed by atoms with E-state index in [2.05, 4.69) is 71.0 Å². The van der Waals surface area contributed by atoms with Crippen LogP contribution >= 0.6 is 0 Å². The van der Waals surface area contributed by atoms with E-state index in [9.17, 15) is 18.8 Å². The maximum absolute atomic E-state index is 12.8. The SMILES string of the molecule is CC.CC1CCN(C)CC1.CCC(C=O)NC(=O)c1cccc(F)c1.CCCC(C)CCC.CCCCCCC.CCc1ccccc1NC(C)=O. The number of halogens is 1. The van der Waals surface area contributed by atoms with Gasteiger partial charge in [0, 0.05) is 18.2 Å². The van der Waals surface area contributed by atoms with Gasteiger partial charge in [0.05, 0.1) is 6.04 Å². The summed E-state index contributed by atoms with van der Waals surface area (Å²) < 4.78 is 12.8. The fraction of sp³-hybridized carbons (Fsp3) is 0.667. The van der Waals surface area contributed by atoms with E-state index in [4.69, 9.17) is 0 Å². The first-order valence-electron chi connectivity index (χ1n) is 20.5. The molecule has 1 saturated heterocycles. The van der Waals surface area contributed by atoms with Crippen molar-refractivity contribution in [3.05, 3.63) is 65.5 Å². The Bertz CT molecular complexity index is 1100. The van der Waals surface area contributed by atoms with E-state index in [1.807, 2.05) is 38.1 Å². The predicted molar refractivity (Wildman–Crippen MR) is 225 cm³/mol. The van der Waals surface area contributed by atoms with Crippen LogP contribution in [0.3, 0.4) is 0 Å². The summed E-state index contributed by atoms with van der Waals surface area (Å²) in [7, 11) is 2.20. The monoisotopic (exact) mass is 730 g/mol. The molecule has 0 aliphatic carbocycles. The zero-order chi connectivity index (χ0) is 40.2. The van der Waals surface area contributed by atoms with Crippen LogP contribution in [0, 0.1) is 17.7 Å². The van der Waals surface area contributed by atoms with Crippen molar-refractivity contribution >= 4 is 23.8 Å². The van der Waals surface area contributed by atoms with Gasteiger partial charge in [-0.1, -0.05) is 151 Å². The Morgan fingerprint density at radius 3 is 1.85 bits per heavy atom. The molecule has 2 aromatic carbocycles. The molecule has 0 saturated carbocycles. The predicted octanol–water partition coefficient (Wildman–Crippen LogP) is 12.3. The lowest BCUT2D eigenvalue weighted by Crippen LogP contribution is -2.35. The average Bonchev–Trinajstić information content (AvgIpc) is 3.14. The Morgan fingerprint density at radius 1 is 0.865 bits per heavy atom. The highest BCUT2D eigenvalue weighted by Crippen LogP contribution is 2.15. The van der Waals surface area contributed by atoms with Crippen LogP contribution in [0.5, 0.6) is 0 Å². The molecule has 1 heterocycles. The minimum Gasteiger partial charge on any atom is -0.343 e. The average molecular weight is 730 g/mol.